The van der Waals surface area contributed by atoms with Gasteiger partial charge in [0.2, 0.25) is 5.95 Å². The number of nitrogens with one attached hydrogen (secondary N) is 1. The largest absolute Gasteiger partial charge is 0.476 e. The number of nitrogens with zero attached hydrogens (tertiary/aromatic N) is 5. The van der Waals surface area contributed by atoms with Gasteiger partial charge in [0, 0.05) is 24.3 Å². The molecule has 0 radical (unpaired) electrons. The summed E-state index contributed by atoms with van der Waals surface area (Å²) in [4.78, 5) is 21.9. The molecule has 0 aliphatic carbocycles. The van der Waals surface area contributed by atoms with Crippen LogP contribution in [0.4, 0.5) is 5.95 Å². The molecule has 0 atom stereocenters. The van der Waals surface area contributed by atoms with Crippen molar-refractivity contribution in [1.29, 1.82) is 0 Å². The first-order valence-electron chi connectivity index (χ1n) is 7.31. The van der Waals surface area contributed by atoms with E-state index in [0.717, 1.165) is 30.4 Å². The number of aromatic nitrogens is 4. The number of aromatic carboxylic acids is 1. The Morgan fingerprint density at radius 1 is 1.43 bits per heavy atom. The van der Waals surface area contributed by atoms with E-state index in [-0.39, 0.29) is 5.69 Å². The predicted molar refractivity (Wildman–Crippen MR) is 86.9 cm³/mol. The maximum Gasteiger partial charge on any atom is 0.356 e. The number of hydrogen-bond donors (Lipinski definition) is 2. The molecule has 23 heavy (non-hydrogen) atoms. The number of anilines is 1. The molecule has 0 bridgehead atoms. The molecule has 8 nitrogen and oxygen atoms in total. The molecule has 8 heteroatoms. The fourth-order valence-corrected chi connectivity index (χ4v) is 2.39. The Morgan fingerprint density at radius 2 is 2.26 bits per heavy atom. The van der Waals surface area contributed by atoms with E-state index in [0.29, 0.717) is 11.5 Å². The van der Waals surface area contributed by atoms with E-state index >= 15 is 0 Å². The quantitative estimate of drug-likeness (QED) is 0.663. The molecule has 3 aromatic rings. The predicted octanol–water partition coefficient (Wildman–Crippen LogP) is 1.34. The molecule has 3 aromatic heterocycles. The Hall–Kier alpha value is -2.74. The highest BCUT2D eigenvalue weighted by Crippen LogP contribution is 2.22. The Labute approximate surface area is 132 Å². The van der Waals surface area contributed by atoms with Crippen LogP contribution in [0.5, 0.6) is 0 Å². The van der Waals surface area contributed by atoms with E-state index in [2.05, 4.69) is 25.3 Å². The van der Waals surface area contributed by atoms with Crippen molar-refractivity contribution in [2.24, 2.45) is 0 Å². The molecule has 2 N–H and O–H groups in total. The summed E-state index contributed by atoms with van der Waals surface area (Å²) in [6.07, 6.45) is 4.27. The van der Waals surface area contributed by atoms with Crippen molar-refractivity contribution in [1.82, 2.24) is 24.5 Å². The smallest absolute Gasteiger partial charge is 0.356 e. The Morgan fingerprint density at radius 3 is 3.00 bits per heavy atom. The second-order valence-corrected chi connectivity index (χ2v) is 5.54. The number of hydrogen-bond acceptors (Lipinski definition) is 6. The summed E-state index contributed by atoms with van der Waals surface area (Å²) in [5.74, 6) is -0.533. The number of fused-ring (bicyclic) bond motifs is 3. The minimum absolute atomic E-state index is 0.0144. The third kappa shape index (κ3) is 3.07. The zero-order valence-corrected chi connectivity index (χ0v) is 13.0. The summed E-state index contributed by atoms with van der Waals surface area (Å²) in [6, 6.07) is 3.34. The molecule has 0 aromatic carbocycles. The molecule has 0 fully saturated rings. The van der Waals surface area contributed by atoms with Gasteiger partial charge in [0.25, 0.3) is 0 Å². The summed E-state index contributed by atoms with van der Waals surface area (Å²) in [6.45, 7) is 1.67. The molecule has 0 saturated heterocycles. The van der Waals surface area contributed by atoms with Gasteiger partial charge in [-0.1, -0.05) is 0 Å². The van der Waals surface area contributed by atoms with Gasteiger partial charge in [-0.2, -0.15) is 9.61 Å². The second kappa shape index (κ2) is 6.17. The van der Waals surface area contributed by atoms with Crippen molar-refractivity contribution < 1.29 is 9.90 Å². The molecule has 120 valence electrons. The monoisotopic (exact) mass is 314 g/mol. The molecule has 0 amide bonds. The molecule has 3 rings (SSSR count). The standard InChI is InChI=1S/C15H18N6O2/c1-20(2)7-3-5-17-15-18-11-4-6-16-9-10(11)13-8-12(14(22)23)19-21(13)15/h4,6,8-9H,3,5,7H2,1-2H3,(H,17,18)(H,22,23). The third-order valence-electron chi connectivity index (χ3n) is 3.49. The van der Waals surface area contributed by atoms with E-state index in [1.165, 1.54) is 4.52 Å². The van der Waals surface area contributed by atoms with Crippen LogP contribution in [0.15, 0.2) is 24.5 Å². The van der Waals surface area contributed by atoms with Gasteiger partial charge < -0.3 is 15.3 Å². The molecule has 3 heterocycles. The lowest BCUT2D eigenvalue weighted by molar-refractivity contribution is 0.0690. The van der Waals surface area contributed by atoms with Crippen LogP contribution in [0.1, 0.15) is 16.9 Å². The Kier molecular flexibility index (Phi) is 4.07. The van der Waals surface area contributed by atoms with Crippen LogP contribution < -0.4 is 5.32 Å². The van der Waals surface area contributed by atoms with Gasteiger partial charge in [0.15, 0.2) is 5.69 Å². The summed E-state index contributed by atoms with van der Waals surface area (Å²) >= 11 is 0. The molecule has 0 spiro atoms. The molecule has 0 aliphatic rings. The van der Waals surface area contributed by atoms with Crippen LogP contribution in [0.3, 0.4) is 0 Å². The number of rotatable bonds is 6. The van der Waals surface area contributed by atoms with Crippen molar-refractivity contribution in [2.75, 3.05) is 32.5 Å². The van der Waals surface area contributed by atoms with E-state index in [4.69, 9.17) is 0 Å². The maximum absolute atomic E-state index is 11.2. The van der Waals surface area contributed by atoms with Crippen LogP contribution >= 0.6 is 0 Å². The number of pyridine rings is 1. The van der Waals surface area contributed by atoms with E-state index in [1.54, 1.807) is 24.5 Å². The zero-order chi connectivity index (χ0) is 16.4. The highest BCUT2D eigenvalue weighted by Gasteiger charge is 2.15. The minimum Gasteiger partial charge on any atom is -0.476 e. The fraction of sp³-hybridized carbons (Fsp3) is 0.333. The number of carbonyl (C=O) groups is 1. The first-order chi connectivity index (χ1) is 11.1. The molecular formula is C15H18N6O2. The first kappa shape index (κ1) is 15.2. The zero-order valence-electron chi connectivity index (χ0n) is 13.0. The molecular weight excluding hydrogens is 296 g/mol. The van der Waals surface area contributed by atoms with Gasteiger partial charge in [-0.25, -0.2) is 9.78 Å². The number of carboxylic acids is 1. The average molecular weight is 314 g/mol. The SMILES string of the molecule is CN(C)CCCNc1nc2ccncc2c2cc(C(=O)O)nn12. The highest BCUT2D eigenvalue weighted by molar-refractivity contribution is 5.97. The lowest BCUT2D eigenvalue weighted by Gasteiger charge is -2.11. The van der Waals surface area contributed by atoms with Crippen molar-refractivity contribution in [3.8, 4) is 0 Å². The first-order valence-corrected chi connectivity index (χ1v) is 7.31. The summed E-state index contributed by atoms with van der Waals surface area (Å²) in [5, 5.41) is 17.3. The van der Waals surface area contributed by atoms with Gasteiger partial charge in [0.05, 0.1) is 11.0 Å². The van der Waals surface area contributed by atoms with E-state index in [1.807, 2.05) is 14.1 Å². The summed E-state index contributed by atoms with van der Waals surface area (Å²) < 4.78 is 1.53. The molecule has 0 saturated carbocycles. The van der Waals surface area contributed by atoms with Crippen LogP contribution in [-0.4, -0.2) is 62.7 Å². The van der Waals surface area contributed by atoms with Crippen molar-refractivity contribution in [3.63, 3.8) is 0 Å². The van der Waals surface area contributed by atoms with E-state index in [9.17, 15) is 9.90 Å². The van der Waals surface area contributed by atoms with Gasteiger partial charge in [-0.05, 0) is 39.2 Å². The second-order valence-electron chi connectivity index (χ2n) is 5.54. The Balaban J connectivity index is 2.02. The molecule has 0 unspecified atom stereocenters. The lowest BCUT2D eigenvalue weighted by atomic mass is 10.2. The van der Waals surface area contributed by atoms with Gasteiger partial charge in [-0.3, -0.25) is 4.98 Å². The maximum atomic E-state index is 11.2. The van der Waals surface area contributed by atoms with Crippen molar-refractivity contribution in [3.05, 3.63) is 30.2 Å². The van der Waals surface area contributed by atoms with Crippen LogP contribution in [0.2, 0.25) is 0 Å². The Bertz CT molecular complexity index is 858. The fourth-order valence-electron chi connectivity index (χ4n) is 2.39. The minimum atomic E-state index is -1.07. The lowest BCUT2D eigenvalue weighted by Crippen LogP contribution is -2.17. The van der Waals surface area contributed by atoms with Crippen molar-refractivity contribution >= 4 is 28.3 Å². The average Bonchev–Trinajstić information content (AvgIpc) is 2.97. The molecule has 0 aliphatic heterocycles. The normalized spacial score (nSPS) is 11.4. The third-order valence-corrected chi connectivity index (χ3v) is 3.49. The summed E-state index contributed by atoms with van der Waals surface area (Å²) in [5.41, 5.74) is 1.41. The number of carboxylic acid groups (broad SMARTS) is 1. The highest BCUT2D eigenvalue weighted by atomic mass is 16.4. The van der Waals surface area contributed by atoms with Gasteiger partial charge in [0.1, 0.15) is 0 Å². The van der Waals surface area contributed by atoms with E-state index < -0.39 is 5.97 Å². The van der Waals surface area contributed by atoms with Crippen LogP contribution in [0.25, 0.3) is 16.4 Å². The topological polar surface area (TPSA) is 95.6 Å². The van der Waals surface area contributed by atoms with Crippen LogP contribution in [0, 0.1) is 0 Å². The van der Waals surface area contributed by atoms with Crippen LogP contribution in [-0.2, 0) is 0 Å². The van der Waals surface area contributed by atoms with Crippen molar-refractivity contribution in [2.45, 2.75) is 6.42 Å². The van der Waals surface area contributed by atoms with Gasteiger partial charge >= 0.3 is 5.97 Å². The summed E-state index contributed by atoms with van der Waals surface area (Å²) in [7, 11) is 4.04. The van der Waals surface area contributed by atoms with Gasteiger partial charge in [-0.15, -0.1) is 0 Å².